The Kier molecular flexibility index (Phi) is 4.91. The second-order valence-corrected chi connectivity index (χ2v) is 9.32. The van der Waals surface area contributed by atoms with Gasteiger partial charge in [-0.15, -0.1) is 0 Å². The maximum atomic E-state index is 14.0. The number of amides is 1. The van der Waals surface area contributed by atoms with E-state index in [0.29, 0.717) is 23.2 Å². The smallest absolute Gasteiger partial charge is 0.254 e. The van der Waals surface area contributed by atoms with Crippen molar-refractivity contribution in [2.75, 3.05) is 0 Å². The highest BCUT2D eigenvalue weighted by Gasteiger charge is 2.43. The molecule has 178 valence electrons. The highest BCUT2D eigenvalue weighted by atomic mass is 19.2. The molecule has 0 N–H and O–H groups in total. The van der Waals surface area contributed by atoms with Crippen LogP contribution in [-0.2, 0) is 13.5 Å². The summed E-state index contributed by atoms with van der Waals surface area (Å²) in [5, 5.41) is 4.68. The topological polar surface area (TPSA) is 63.9 Å². The lowest BCUT2D eigenvalue weighted by Gasteiger charge is -2.45. The van der Waals surface area contributed by atoms with Crippen LogP contribution in [-0.4, -0.2) is 36.6 Å². The summed E-state index contributed by atoms with van der Waals surface area (Å²) < 4.78 is 43.2. The Morgan fingerprint density at radius 1 is 1.06 bits per heavy atom. The molecule has 2 aromatic heterocycles. The summed E-state index contributed by atoms with van der Waals surface area (Å²) >= 11 is 0. The quantitative estimate of drug-likeness (QED) is 0.379. The van der Waals surface area contributed by atoms with Gasteiger partial charge in [0, 0.05) is 36.0 Å². The van der Waals surface area contributed by atoms with Crippen LogP contribution < -0.4 is 0 Å². The Balaban J connectivity index is 1.41. The molecule has 4 heterocycles. The van der Waals surface area contributed by atoms with Gasteiger partial charge in [0.1, 0.15) is 0 Å². The molecule has 35 heavy (non-hydrogen) atoms. The van der Waals surface area contributed by atoms with Crippen LogP contribution in [0.15, 0.2) is 36.5 Å². The van der Waals surface area contributed by atoms with E-state index < -0.39 is 17.5 Å². The van der Waals surface area contributed by atoms with Crippen LogP contribution in [0, 0.1) is 24.4 Å². The SMILES string of the molecule is Cc1cnc2cc(C(=O)N3[C@H]4CCC[C@@H]3c3nn(C)c(-c5cc(F)c(F)c(F)c5)c3C4)ccc2n1. The zero-order chi connectivity index (χ0) is 24.4. The third kappa shape index (κ3) is 3.40. The first-order valence-electron chi connectivity index (χ1n) is 11.6. The van der Waals surface area contributed by atoms with Gasteiger partial charge in [-0.05, 0) is 62.9 Å². The van der Waals surface area contributed by atoms with Gasteiger partial charge in [-0.1, -0.05) is 0 Å². The van der Waals surface area contributed by atoms with E-state index >= 15 is 0 Å². The van der Waals surface area contributed by atoms with Crippen LogP contribution in [0.25, 0.3) is 22.3 Å². The van der Waals surface area contributed by atoms with Crippen LogP contribution in [0.4, 0.5) is 13.2 Å². The first-order chi connectivity index (χ1) is 16.8. The first-order valence-corrected chi connectivity index (χ1v) is 11.6. The van der Waals surface area contributed by atoms with E-state index in [1.165, 1.54) is 0 Å². The number of fused-ring (bicyclic) bond motifs is 5. The van der Waals surface area contributed by atoms with Crippen molar-refractivity contribution in [2.24, 2.45) is 7.05 Å². The standard InChI is InChI=1S/C26H22F3N5O/c1-13-12-30-21-10-14(6-7-20(21)31-13)26(35)34-16-4-3-5-22(34)24-17(11-16)25(33(2)32-24)15-8-18(27)23(29)19(28)9-15/h6-10,12,16,22H,3-5,11H2,1-2H3/t16-,22+/m0/s1. The molecule has 1 fully saturated rings. The van der Waals surface area contributed by atoms with E-state index in [0.717, 1.165) is 53.9 Å². The van der Waals surface area contributed by atoms with E-state index in [4.69, 9.17) is 0 Å². The van der Waals surface area contributed by atoms with E-state index in [1.807, 2.05) is 17.9 Å². The van der Waals surface area contributed by atoms with Crippen molar-refractivity contribution in [3.63, 3.8) is 0 Å². The minimum atomic E-state index is -1.49. The minimum absolute atomic E-state index is 0.0772. The Labute approximate surface area is 199 Å². The lowest BCUT2D eigenvalue weighted by molar-refractivity contribution is 0.0392. The molecule has 1 saturated heterocycles. The minimum Gasteiger partial charge on any atom is -0.327 e. The molecule has 2 aromatic carbocycles. The Morgan fingerprint density at radius 2 is 1.83 bits per heavy atom. The van der Waals surface area contributed by atoms with Crippen LogP contribution in [0.1, 0.15) is 52.6 Å². The Hall–Kier alpha value is -3.75. The van der Waals surface area contributed by atoms with Crippen molar-refractivity contribution >= 4 is 16.9 Å². The summed E-state index contributed by atoms with van der Waals surface area (Å²) in [5.41, 5.74) is 5.11. The number of carbonyl (C=O) groups excluding carboxylic acids is 1. The molecule has 2 atom stereocenters. The van der Waals surface area contributed by atoms with Crippen LogP contribution in [0.2, 0.25) is 0 Å². The van der Waals surface area contributed by atoms with Gasteiger partial charge in [0.2, 0.25) is 0 Å². The molecule has 2 bridgehead atoms. The fraction of sp³-hybridized carbons (Fsp3) is 0.308. The van der Waals surface area contributed by atoms with Crippen molar-refractivity contribution in [3.05, 3.63) is 76.5 Å². The van der Waals surface area contributed by atoms with Crippen molar-refractivity contribution < 1.29 is 18.0 Å². The summed E-state index contributed by atoms with van der Waals surface area (Å²) in [4.78, 5) is 24.5. The highest BCUT2D eigenvalue weighted by molar-refractivity contribution is 5.98. The van der Waals surface area contributed by atoms with Crippen molar-refractivity contribution in [2.45, 2.75) is 44.7 Å². The predicted octanol–water partition coefficient (Wildman–Crippen LogP) is 5.05. The van der Waals surface area contributed by atoms with E-state index in [1.54, 1.807) is 30.1 Å². The molecule has 0 saturated carbocycles. The number of nitrogens with zero attached hydrogens (tertiary/aromatic N) is 5. The van der Waals surface area contributed by atoms with Crippen molar-refractivity contribution in [1.82, 2.24) is 24.6 Å². The maximum absolute atomic E-state index is 14.0. The fourth-order valence-corrected chi connectivity index (χ4v) is 5.59. The number of hydrogen-bond acceptors (Lipinski definition) is 4. The molecule has 2 aliphatic rings. The number of piperidine rings is 1. The van der Waals surface area contributed by atoms with Gasteiger partial charge >= 0.3 is 0 Å². The predicted molar refractivity (Wildman–Crippen MR) is 123 cm³/mol. The van der Waals surface area contributed by atoms with Gasteiger partial charge in [-0.25, -0.2) is 18.2 Å². The molecule has 1 amide bonds. The first kappa shape index (κ1) is 21.8. The number of hydrogen-bond donors (Lipinski definition) is 0. The van der Waals surface area contributed by atoms with Gasteiger partial charge in [-0.3, -0.25) is 14.5 Å². The largest absolute Gasteiger partial charge is 0.327 e. The molecular weight excluding hydrogens is 455 g/mol. The zero-order valence-electron chi connectivity index (χ0n) is 19.2. The Bertz CT molecular complexity index is 1490. The van der Waals surface area contributed by atoms with E-state index in [2.05, 4.69) is 15.1 Å². The number of aromatic nitrogens is 4. The summed E-state index contributed by atoms with van der Waals surface area (Å²) in [7, 11) is 1.70. The molecule has 0 aliphatic carbocycles. The second-order valence-electron chi connectivity index (χ2n) is 9.32. The number of halogens is 3. The number of rotatable bonds is 2. The fourth-order valence-electron chi connectivity index (χ4n) is 5.59. The Morgan fingerprint density at radius 3 is 2.60 bits per heavy atom. The average molecular weight is 477 g/mol. The van der Waals surface area contributed by atoms with Crippen LogP contribution >= 0.6 is 0 Å². The van der Waals surface area contributed by atoms with Gasteiger partial charge in [0.15, 0.2) is 17.5 Å². The third-order valence-corrected chi connectivity index (χ3v) is 7.08. The average Bonchev–Trinajstić information content (AvgIpc) is 3.16. The van der Waals surface area contributed by atoms with Crippen LogP contribution in [0.5, 0.6) is 0 Å². The second kappa shape index (κ2) is 7.90. The lowest BCUT2D eigenvalue weighted by Crippen LogP contribution is -2.49. The summed E-state index contributed by atoms with van der Waals surface area (Å²) in [6.07, 6.45) is 4.69. The highest BCUT2D eigenvalue weighted by Crippen LogP contribution is 2.45. The zero-order valence-corrected chi connectivity index (χ0v) is 19.2. The van der Waals surface area contributed by atoms with Gasteiger partial charge in [0.05, 0.1) is 34.2 Å². The molecule has 9 heteroatoms. The molecule has 2 aliphatic heterocycles. The maximum Gasteiger partial charge on any atom is 0.254 e. The van der Waals surface area contributed by atoms with E-state index in [9.17, 15) is 18.0 Å². The van der Waals surface area contributed by atoms with Gasteiger partial charge < -0.3 is 4.90 Å². The van der Waals surface area contributed by atoms with Crippen molar-refractivity contribution in [1.29, 1.82) is 0 Å². The molecule has 6 nitrogen and oxygen atoms in total. The number of aryl methyl sites for hydroxylation is 2. The monoisotopic (exact) mass is 477 g/mol. The van der Waals surface area contributed by atoms with Gasteiger partial charge in [0.25, 0.3) is 5.91 Å². The summed E-state index contributed by atoms with van der Waals surface area (Å²) in [6.45, 7) is 1.87. The molecule has 6 rings (SSSR count). The van der Waals surface area contributed by atoms with E-state index in [-0.39, 0.29) is 23.6 Å². The molecule has 4 aromatic rings. The molecule has 0 unspecified atom stereocenters. The van der Waals surface area contributed by atoms with Gasteiger partial charge in [-0.2, -0.15) is 5.10 Å². The molecular formula is C26H22F3N5O. The number of benzene rings is 2. The molecule has 0 radical (unpaired) electrons. The summed E-state index contributed by atoms with van der Waals surface area (Å²) in [6, 6.07) is 7.03. The van der Waals surface area contributed by atoms with Crippen molar-refractivity contribution in [3.8, 4) is 11.3 Å². The van der Waals surface area contributed by atoms with Crippen LogP contribution in [0.3, 0.4) is 0 Å². The number of carbonyl (C=O) groups is 1. The third-order valence-electron chi connectivity index (χ3n) is 7.08. The normalized spacial score (nSPS) is 19.2. The lowest BCUT2D eigenvalue weighted by atomic mass is 9.81. The summed E-state index contributed by atoms with van der Waals surface area (Å²) in [5.74, 6) is -4.07. The molecule has 0 spiro atoms.